The van der Waals surface area contributed by atoms with Gasteiger partial charge in [-0.1, -0.05) is 13.8 Å². The molecule has 11 nitrogen and oxygen atoms in total. The number of esters is 4. The minimum atomic E-state index is -1.31. The fourth-order valence-electron chi connectivity index (χ4n) is 4.23. The van der Waals surface area contributed by atoms with E-state index in [1.165, 1.54) is 6.92 Å². The van der Waals surface area contributed by atoms with Crippen molar-refractivity contribution in [3.8, 4) is 0 Å². The summed E-state index contributed by atoms with van der Waals surface area (Å²) in [6.07, 6.45) is -5.19. The van der Waals surface area contributed by atoms with E-state index in [0.717, 1.165) is 26.3 Å². The maximum Gasteiger partial charge on any atom is 0.303 e. The third-order valence-corrected chi connectivity index (χ3v) is 6.01. The molecule has 0 N–H and O–H groups in total. The zero-order valence-electron chi connectivity index (χ0n) is 21.2. The molecule has 0 bridgehead atoms. The molecule has 1 aliphatic heterocycles. The summed E-state index contributed by atoms with van der Waals surface area (Å²) in [5.41, 5.74) is 1.03. The van der Waals surface area contributed by atoms with Crippen LogP contribution in [0, 0.1) is 5.41 Å². The van der Waals surface area contributed by atoms with Gasteiger partial charge in [0, 0.05) is 34.1 Å². The van der Waals surface area contributed by atoms with Crippen molar-refractivity contribution >= 4 is 29.7 Å². The van der Waals surface area contributed by atoms with E-state index in [1.54, 1.807) is 6.92 Å². The second-order valence-corrected chi connectivity index (χ2v) is 9.29. The normalized spacial score (nSPS) is 28.2. The van der Waals surface area contributed by atoms with Crippen LogP contribution in [0.3, 0.4) is 0 Å². The Kier molecular flexibility index (Phi) is 9.56. The van der Waals surface area contributed by atoms with Gasteiger partial charge in [-0.05, 0) is 29.9 Å². The molecule has 35 heavy (non-hydrogen) atoms. The monoisotopic (exact) mass is 498 g/mol. The van der Waals surface area contributed by atoms with E-state index >= 15 is 0 Å². The molecule has 0 unspecified atom stereocenters. The van der Waals surface area contributed by atoms with Crippen LogP contribution in [0.4, 0.5) is 0 Å². The van der Waals surface area contributed by atoms with E-state index in [0.29, 0.717) is 18.4 Å². The molecule has 0 saturated carbocycles. The Bertz CT molecular complexity index is 888. The minimum absolute atomic E-state index is 0.0180. The number of hydrogen-bond donors (Lipinski definition) is 0. The van der Waals surface area contributed by atoms with Crippen molar-refractivity contribution in [2.24, 2.45) is 5.41 Å². The lowest BCUT2D eigenvalue weighted by atomic mass is 9.72. The number of carbonyl (C=O) groups is 5. The Morgan fingerprint density at radius 3 is 1.97 bits per heavy atom. The topological polar surface area (TPSA) is 141 Å². The number of allylic oxidation sites excluding steroid dienone is 1. The first-order valence-corrected chi connectivity index (χ1v) is 11.4. The van der Waals surface area contributed by atoms with Crippen molar-refractivity contribution < 1.29 is 52.4 Å². The van der Waals surface area contributed by atoms with Crippen LogP contribution in [-0.4, -0.2) is 73.6 Å². The predicted molar refractivity (Wildman–Crippen MR) is 119 cm³/mol. The van der Waals surface area contributed by atoms with Gasteiger partial charge in [-0.15, -0.1) is 0 Å². The second kappa shape index (κ2) is 11.8. The molecule has 0 aromatic heterocycles. The van der Waals surface area contributed by atoms with Crippen LogP contribution in [0.15, 0.2) is 11.1 Å². The van der Waals surface area contributed by atoms with Gasteiger partial charge in [0.1, 0.15) is 12.7 Å². The summed E-state index contributed by atoms with van der Waals surface area (Å²) in [6.45, 7) is 9.99. The molecule has 1 saturated heterocycles. The van der Waals surface area contributed by atoms with Gasteiger partial charge < -0.3 is 28.4 Å². The molecule has 1 fully saturated rings. The van der Waals surface area contributed by atoms with Crippen molar-refractivity contribution in [3.05, 3.63) is 11.1 Å². The van der Waals surface area contributed by atoms with Gasteiger partial charge in [-0.25, -0.2) is 0 Å². The van der Waals surface area contributed by atoms with Crippen molar-refractivity contribution in [3.63, 3.8) is 0 Å². The van der Waals surface area contributed by atoms with E-state index in [1.807, 2.05) is 13.8 Å². The molecule has 0 radical (unpaired) electrons. The number of carbonyl (C=O) groups excluding carboxylic acids is 5. The van der Waals surface area contributed by atoms with Gasteiger partial charge in [0.2, 0.25) is 0 Å². The van der Waals surface area contributed by atoms with E-state index in [-0.39, 0.29) is 24.4 Å². The van der Waals surface area contributed by atoms with Gasteiger partial charge in [-0.3, -0.25) is 24.0 Å². The molecule has 11 heteroatoms. The van der Waals surface area contributed by atoms with Crippen LogP contribution in [0.5, 0.6) is 0 Å². The van der Waals surface area contributed by atoms with Gasteiger partial charge in [-0.2, -0.15) is 0 Å². The second-order valence-electron chi connectivity index (χ2n) is 9.29. The number of Topliss-reactive ketones (excluding diaryl/α,β-unsaturated/α-hetero) is 1. The zero-order chi connectivity index (χ0) is 26.5. The molecule has 1 heterocycles. The van der Waals surface area contributed by atoms with Crippen LogP contribution >= 0.6 is 0 Å². The standard InChI is InChI=1S/C24H34O11/c1-12-17(24(6,7)9-8-18(12)29)10-31-23-22(34-16(5)28)21(33-15(4)27)20(32-14(3)26)19(35-23)11-30-13(2)25/h19-23H,8-11H2,1-7H3/t19-,20-,21+,22-,23-/m1/s1. The summed E-state index contributed by atoms with van der Waals surface area (Å²) in [5, 5.41) is 0. The summed E-state index contributed by atoms with van der Waals surface area (Å²) in [5.74, 6) is -2.75. The van der Waals surface area contributed by atoms with Gasteiger partial charge >= 0.3 is 23.9 Å². The number of hydrogen-bond acceptors (Lipinski definition) is 11. The third kappa shape index (κ3) is 7.60. The first-order valence-electron chi connectivity index (χ1n) is 11.4. The van der Waals surface area contributed by atoms with Crippen LogP contribution in [0.25, 0.3) is 0 Å². The molecular weight excluding hydrogens is 464 g/mol. The van der Waals surface area contributed by atoms with E-state index in [9.17, 15) is 24.0 Å². The Morgan fingerprint density at radius 1 is 0.886 bits per heavy atom. The van der Waals surface area contributed by atoms with Crippen LogP contribution in [0.1, 0.15) is 61.3 Å². The molecule has 0 spiro atoms. The Morgan fingerprint density at radius 2 is 1.43 bits per heavy atom. The van der Waals surface area contributed by atoms with E-state index in [4.69, 9.17) is 28.4 Å². The first kappa shape index (κ1) is 28.4. The number of ketones is 1. The summed E-state index contributed by atoms with van der Waals surface area (Å²) in [4.78, 5) is 59.4. The zero-order valence-corrected chi connectivity index (χ0v) is 21.2. The Balaban J connectivity index is 2.43. The quantitative estimate of drug-likeness (QED) is 0.357. The predicted octanol–water partition coefficient (Wildman–Crippen LogP) is 1.79. The highest BCUT2D eigenvalue weighted by Gasteiger charge is 2.53. The fraction of sp³-hybridized carbons (Fsp3) is 0.708. The largest absolute Gasteiger partial charge is 0.463 e. The molecule has 1 aliphatic carbocycles. The Hall–Kier alpha value is -2.79. The molecule has 196 valence electrons. The van der Waals surface area contributed by atoms with Crippen molar-refractivity contribution in [1.82, 2.24) is 0 Å². The van der Waals surface area contributed by atoms with Gasteiger partial charge in [0.05, 0.1) is 6.61 Å². The summed E-state index contributed by atoms with van der Waals surface area (Å²) in [7, 11) is 0. The average Bonchev–Trinajstić information content (AvgIpc) is 2.72. The highest BCUT2D eigenvalue weighted by Crippen LogP contribution is 2.39. The molecule has 0 amide bonds. The fourth-order valence-corrected chi connectivity index (χ4v) is 4.23. The van der Waals surface area contributed by atoms with Crippen LogP contribution < -0.4 is 0 Å². The lowest BCUT2D eigenvalue weighted by Gasteiger charge is -2.44. The molecule has 2 aliphatic rings. The molecule has 5 atom stereocenters. The summed E-state index contributed by atoms with van der Waals surface area (Å²) >= 11 is 0. The van der Waals surface area contributed by atoms with Crippen molar-refractivity contribution in [2.75, 3.05) is 13.2 Å². The maximum atomic E-state index is 12.3. The number of ether oxygens (including phenoxy) is 6. The number of rotatable bonds is 8. The smallest absolute Gasteiger partial charge is 0.303 e. The average molecular weight is 499 g/mol. The highest BCUT2D eigenvalue weighted by atomic mass is 16.7. The SMILES string of the molecule is CC(=O)OC[C@H]1O[C@@H](OCC2=C(C)C(=O)CCC2(C)C)[C@H](OC(C)=O)[C@@H](OC(C)=O)[C@@H]1OC(C)=O. The van der Waals surface area contributed by atoms with Gasteiger partial charge in [0.25, 0.3) is 0 Å². The molecule has 2 rings (SSSR count). The molecule has 0 aromatic carbocycles. The van der Waals surface area contributed by atoms with Crippen molar-refractivity contribution in [1.29, 1.82) is 0 Å². The highest BCUT2D eigenvalue weighted by molar-refractivity contribution is 5.96. The lowest BCUT2D eigenvalue weighted by molar-refractivity contribution is -0.306. The summed E-state index contributed by atoms with van der Waals surface area (Å²) in [6, 6.07) is 0. The summed E-state index contributed by atoms with van der Waals surface area (Å²) < 4.78 is 33.1. The third-order valence-electron chi connectivity index (χ3n) is 6.01. The maximum absolute atomic E-state index is 12.3. The molecular formula is C24H34O11. The van der Waals surface area contributed by atoms with Gasteiger partial charge in [0.15, 0.2) is 30.4 Å². The van der Waals surface area contributed by atoms with E-state index < -0.39 is 54.6 Å². The van der Waals surface area contributed by atoms with E-state index in [2.05, 4.69) is 0 Å². The van der Waals surface area contributed by atoms with Crippen LogP contribution in [0.2, 0.25) is 0 Å². The Labute approximate surface area is 204 Å². The molecule has 0 aromatic rings. The minimum Gasteiger partial charge on any atom is -0.463 e. The van der Waals surface area contributed by atoms with Crippen LogP contribution in [-0.2, 0) is 52.4 Å². The first-order chi connectivity index (χ1) is 16.2. The lowest BCUT2D eigenvalue weighted by Crippen LogP contribution is -2.63. The van der Waals surface area contributed by atoms with Crippen molar-refractivity contribution in [2.45, 2.75) is 92.0 Å².